The van der Waals surface area contributed by atoms with Crippen LogP contribution in [0.3, 0.4) is 0 Å². The van der Waals surface area contributed by atoms with Crippen LogP contribution in [-0.2, 0) is 0 Å². The summed E-state index contributed by atoms with van der Waals surface area (Å²) in [5.41, 5.74) is -2.30. The smallest absolute Gasteiger partial charge is 0.295 e. The highest BCUT2D eigenvalue weighted by Crippen LogP contribution is 2.17. The maximum Gasteiger partial charge on any atom is 0.334 e. The van der Waals surface area contributed by atoms with Crippen molar-refractivity contribution in [3.63, 3.8) is 0 Å². The average Bonchev–Trinajstić information content (AvgIpc) is 2.31. The molecule has 2 rings (SSSR count). The van der Waals surface area contributed by atoms with Gasteiger partial charge in [0.2, 0.25) is 5.82 Å². The monoisotopic (exact) mass is 336 g/mol. The van der Waals surface area contributed by atoms with E-state index in [0.717, 1.165) is 6.07 Å². The number of nitrogens with zero attached hydrogens (tertiary/aromatic N) is 1. The number of hydrogen-bond donors (Lipinski definition) is 1. The fourth-order valence-electron chi connectivity index (χ4n) is 1.35. The molecule has 1 N–H and O–H groups in total. The first-order chi connectivity index (χ1) is 8.41. The number of nitrogens with one attached hydrogen (secondary N) is 1. The van der Waals surface area contributed by atoms with Gasteiger partial charge in [0, 0.05) is 0 Å². The summed E-state index contributed by atoms with van der Waals surface area (Å²) in [5, 5.41) is -0.682. The average molecular weight is 338 g/mol. The van der Waals surface area contributed by atoms with Crippen molar-refractivity contribution in [2.75, 3.05) is 0 Å². The van der Waals surface area contributed by atoms with Gasteiger partial charge in [0.25, 0.3) is 5.56 Å². The quantitative estimate of drug-likeness (QED) is 0.811. The molecule has 0 radical (unpaired) electrons. The van der Waals surface area contributed by atoms with Gasteiger partial charge in [-0.15, -0.1) is 0 Å². The molecule has 4 nitrogen and oxygen atoms in total. The van der Waals surface area contributed by atoms with Gasteiger partial charge in [0.05, 0.1) is 10.2 Å². The van der Waals surface area contributed by atoms with Crippen LogP contribution >= 0.6 is 27.5 Å². The zero-order valence-electron chi connectivity index (χ0n) is 8.51. The summed E-state index contributed by atoms with van der Waals surface area (Å²) in [6.07, 6.45) is 0. The molecule has 0 aliphatic rings. The lowest BCUT2D eigenvalue weighted by Gasteiger charge is -2.05. The van der Waals surface area contributed by atoms with Crippen molar-refractivity contribution >= 4 is 27.5 Å². The Morgan fingerprint density at radius 1 is 1.28 bits per heavy atom. The summed E-state index contributed by atoms with van der Waals surface area (Å²) in [5.74, 6) is -1.99. The lowest BCUT2D eigenvalue weighted by Crippen LogP contribution is -2.35. The van der Waals surface area contributed by atoms with E-state index in [-0.39, 0.29) is 10.2 Å². The van der Waals surface area contributed by atoms with Crippen LogP contribution in [0.5, 0.6) is 0 Å². The highest BCUT2D eigenvalue weighted by atomic mass is 79.9. The standard InChI is InChI=1S/C10H4BrClF2N2O2/c11-5-2-1-4(3-6(5)13)16-9(17)7(14)8(12)15-10(16)18/h1-3H,(H,15,18). The van der Waals surface area contributed by atoms with Crippen LogP contribution < -0.4 is 11.2 Å². The number of aromatic amines is 1. The Kier molecular flexibility index (Phi) is 3.36. The third kappa shape index (κ3) is 2.11. The van der Waals surface area contributed by atoms with E-state index in [1.54, 1.807) is 0 Å². The summed E-state index contributed by atoms with van der Waals surface area (Å²) in [6.45, 7) is 0. The van der Waals surface area contributed by atoms with Crippen LogP contribution in [0.1, 0.15) is 0 Å². The molecule has 0 bridgehead atoms. The first-order valence-electron chi connectivity index (χ1n) is 4.57. The molecule has 0 amide bonds. The SMILES string of the molecule is O=c1[nH]c(Cl)c(F)c(=O)n1-c1ccc(Br)c(F)c1. The van der Waals surface area contributed by atoms with E-state index in [0.29, 0.717) is 4.57 Å². The second kappa shape index (κ2) is 4.66. The molecule has 0 saturated carbocycles. The van der Waals surface area contributed by atoms with E-state index in [4.69, 9.17) is 11.6 Å². The third-order valence-electron chi connectivity index (χ3n) is 2.16. The van der Waals surface area contributed by atoms with Crippen molar-refractivity contribution in [3.8, 4) is 5.69 Å². The minimum atomic E-state index is -1.31. The molecule has 0 unspecified atom stereocenters. The molecule has 94 valence electrons. The van der Waals surface area contributed by atoms with E-state index >= 15 is 0 Å². The summed E-state index contributed by atoms with van der Waals surface area (Å²) in [4.78, 5) is 25.0. The van der Waals surface area contributed by atoms with Gasteiger partial charge in [-0.25, -0.2) is 13.8 Å². The van der Waals surface area contributed by atoms with Gasteiger partial charge in [-0.3, -0.25) is 9.78 Å². The summed E-state index contributed by atoms with van der Waals surface area (Å²) >= 11 is 8.23. The molecule has 8 heteroatoms. The van der Waals surface area contributed by atoms with E-state index in [1.807, 2.05) is 4.98 Å². The van der Waals surface area contributed by atoms with E-state index in [9.17, 15) is 18.4 Å². The largest absolute Gasteiger partial charge is 0.334 e. The molecule has 0 saturated heterocycles. The van der Waals surface area contributed by atoms with Crippen LogP contribution in [-0.4, -0.2) is 9.55 Å². The Morgan fingerprint density at radius 3 is 2.56 bits per heavy atom. The van der Waals surface area contributed by atoms with Crippen molar-refractivity contribution in [2.45, 2.75) is 0 Å². The Labute approximate surface area is 112 Å². The van der Waals surface area contributed by atoms with Gasteiger partial charge < -0.3 is 0 Å². The molecule has 0 fully saturated rings. The zero-order valence-corrected chi connectivity index (χ0v) is 10.8. The maximum absolute atomic E-state index is 13.3. The number of aromatic nitrogens is 2. The maximum atomic E-state index is 13.3. The van der Waals surface area contributed by atoms with Crippen molar-refractivity contribution in [3.05, 3.63) is 60.3 Å². The number of rotatable bonds is 1. The second-order valence-electron chi connectivity index (χ2n) is 3.30. The molecule has 2 aromatic rings. The molecule has 18 heavy (non-hydrogen) atoms. The fourth-order valence-corrected chi connectivity index (χ4v) is 1.76. The minimum absolute atomic E-state index is 0.0995. The van der Waals surface area contributed by atoms with Crippen LogP contribution in [0, 0.1) is 11.6 Å². The predicted molar refractivity (Wildman–Crippen MR) is 65.3 cm³/mol. The fraction of sp³-hybridized carbons (Fsp3) is 0. The van der Waals surface area contributed by atoms with Crippen molar-refractivity contribution < 1.29 is 8.78 Å². The van der Waals surface area contributed by atoms with Crippen molar-refractivity contribution in [2.24, 2.45) is 0 Å². The number of benzene rings is 1. The molecule has 0 aliphatic carbocycles. The lowest BCUT2D eigenvalue weighted by molar-refractivity contribution is 0.582. The Bertz CT molecular complexity index is 742. The van der Waals surface area contributed by atoms with Gasteiger partial charge in [0.1, 0.15) is 5.82 Å². The summed E-state index contributed by atoms with van der Waals surface area (Å²) in [6, 6.07) is 3.51. The topological polar surface area (TPSA) is 54.9 Å². The second-order valence-corrected chi connectivity index (χ2v) is 4.53. The highest BCUT2D eigenvalue weighted by molar-refractivity contribution is 9.10. The first kappa shape index (κ1) is 13.0. The molecule has 1 aromatic carbocycles. The number of halogens is 4. The molecule has 0 atom stereocenters. The molecular weight excluding hydrogens is 333 g/mol. The van der Waals surface area contributed by atoms with Crippen LogP contribution in [0.15, 0.2) is 32.3 Å². The zero-order chi connectivity index (χ0) is 13.4. The molecule has 0 spiro atoms. The van der Waals surface area contributed by atoms with Gasteiger partial charge in [-0.1, -0.05) is 11.6 Å². The third-order valence-corrected chi connectivity index (χ3v) is 3.07. The molecular formula is C10H4BrClF2N2O2. The van der Waals surface area contributed by atoms with Gasteiger partial charge >= 0.3 is 5.69 Å². The Hall–Kier alpha value is -1.47. The molecule has 1 heterocycles. The normalized spacial score (nSPS) is 10.7. The molecule has 0 aliphatic heterocycles. The van der Waals surface area contributed by atoms with Crippen molar-refractivity contribution in [1.29, 1.82) is 0 Å². The predicted octanol–water partition coefficient (Wildman–Crippen LogP) is 2.22. The Balaban J connectivity index is 2.80. The Morgan fingerprint density at radius 2 is 1.94 bits per heavy atom. The van der Waals surface area contributed by atoms with Gasteiger partial charge in [-0.2, -0.15) is 4.39 Å². The summed E-state index contributed by atoms with van der Waals surface area (Å²) in [7, 11) is 0. The summed E-state index contributed by atoms with van der Waals surface area (Å²) < 4.78 is 27.2. The number of H-pyrrole nitrogens is 1. The van der Waals surface area contributed by atoms with E-state index in [2.05, 4.69) is 15.9 Å². The van der Waals surface area contributed by atoms with Crippen LogP contribution in [0.25, 0.3) is 5.69 Å². The highest BCUT2D eigenvalue weighted by Gasteiger charge is 2.14. The van der Waals surface area contributed by atoms with Crippen LogP contribution in [0.4, 0.5) is 8.78 Å². The van der Waals surface area contributed by atoms with Crippen LogP contribution in [0.2, 0.25) is 5.15 Å². The van der Waals surface area contributed by atoms with E-state index < -0.39 is 28.0 Å². The van der Waals surface area contributed by atoms with Crippen molar-refractivity contribution in [1.82, 2.24) is 9.55 Å². The van der Waals surface area contributed by atoms with Gasteiger partial charge in [-0.05, 0) is 34.1 Å². The first-order valence-corrected chi connectivity index (χ1v) is 5.74. The minimum Gasteiger partial charge on any atom is -0.295 e. The molecule has 1 aromatic heterocycles. The lowest BCUT2D eigenvalue weighted by atomic mass is 10.3. The van der Waals surface area contributed by atoms with E-state index in [1.165, 1.54) is 12.1 Å². The van der Waals surface area contributed by atoms with Gasteiger partial charge in [0.15, 0.2) is 5.15 Å². The number of hydrogen-bond acceptors (Lipinski definition) is 2.